The van der Waals surface area contributed by atoms with E-state index in [0.717, 1.165) is 17.9 Å². The van der Waals surface area contributed by atoms with E-state index in [9.17, 15) is 4.39 Å². The van der Waals surface area contributed by atoms with Crippen molar-refractivity contribution in [2.75, 3.05) is 30.5 Å². The lowest BCUT2D eigenvalue weighted by molar-refractivity contribution is 0.581. The fourth-order valence-electron chi connectivity index (χ4n) is 1.64. The molecule has 0 unspecified atom stereocenters. The Kier molecular flexibility index (Phi) is 6.50. The summed E-state index contributed by atoms with van der Waals surface area (Å²) in [6, 6.07) is 5.90. The van der Waals surface area contributed by atoms with E-state index in [1.54, 1.807) is 17.8 Å². The summed E-state index contributed by atoms with van der Waals surface area (Å²) in [6.45, 7) is 5.74. The van der Waals surface area contributed by atoms with Crippen molar-refractivity contribution >= 4 is 17.4 Å². The van der Waals surface area contributed by atoms with Crippen LogP contribution in [0.2, 0.25) is 0 Å². The van der Waals surface area contributed by atoms with E-state index in [0.29, 0.717) is 18.3 Å². The van der Waals surface area contributed by atoms with Crippen molar-refractivity contribution in [1.29, 1.82) is 0 Å². The number of rotatable bonds is 7. The highest BCUT2D eigenvalue weighted by atomic mass is 32.2. The Morgan fingerprint density at radius 3 is 2.67 bits per heavy atom. The summed E-state index contributed by atoms with van der Waals surface area (Å²) < 4.78 is 14.0. The maximum Gasteiger partial charge on any atom is 0.146 e. The number of hydrogen-bond donors (Lipinski definition) is 1. The third-order valence-electron chi connectivity index (χ3n) is 2.77. The van der Waals surface area contributed by atoms with Gasteiger partial charge in [-0.05, 0) is 24.0 Å². The summed E-state index contributed by atoms with van der Waals surface area (Å²) in [6.07, 6.45) is 2.06. The minimum atomic E-state index is -0.137. The largest absolute Gasteiger partial charge is 0.371 e. The highest BCUT2D eigenvalue weighted by Gasteiger charge is 2.08. The van der Waals surface area contributed by atoms with E-state index in [2.05, 4.69) is 25.4 Å². The van der Waals surface area contributed by atoms with Crippen molar-refractivity contribution in [1.82, 2.24) is 5.32 Å². The zero-order valence-electron chi connectivity index (χ0n) is 11.7. The minimum Gasteiger partial charge on any atom is -0.371 e. The zero-order valence-corrected chi connectivity index (χ0v) is 12.5. The van der Waals surface area contributed by atoms with Crippen molar-refractivity contribution in [2.45, 2.75) is 26.4 Å². The van der Waals surface area contributed by atoms with E-state index in [4.69, 9.17) is 0 Å². The average molecular weight is 270 g/mol. The van der Waals surface area contributed by atoms with Crippen LogP contribution in [0.1, 0.15) is 19.4 Å². The molecule has 1 aromatic rings. The molecule has 0 spiro atoms. The second-order valence-electron chi connectivity index (χ2n) is 4.74. The smallest absolute Gasteiger partial charge is 0.146 e. The van der Waals surface area contributed by atoms with Crippen molar-refractivity contribution < 1.29 is 4.39 Å². The van der Waals surface area contributed by atoms with Gasteiger partial charge in [-0.2, -0.15) is 11.8 Å². The molecule has 0 amide bonds. The second kappa shape index (κ2) is 7.64. The van der Waals surface area contributed by atoms with Crippen LogP contribution in [0.15, 0.2) is 18.2 Å². The van der Waals surface area contributed by atoms with E-state index in [-0.39, 0.29) is 5.82 Å². The van der Waals surface area contributed by atoms with Crippen LogP contribution in [-0.4, -0.2) is 31.6 Å². The minimum absolute atomic E-state index is 0.137. The molecule has 0 saturated carbocycles. The maximum absolute atomic E-state index is 14.0. The van der Waals surface area contributed by atoms with Gasteiger partial charge in [0.1, 0.15) is 5.82 Å². The number of nitrogens with zero attached hydrogens (tertiary/aromatic N) is 1. The van der Waals surface area contributed by atoms with Crippen LogP contribution < -0.4 is 10.2 Å². The number of benzene rings is 1. The molecule has 0 atom stereocenters. The molecule has 0 aliphatic carbocycles. The summed E-state index contributed by atoms with van der Waals surface area (Å²) in [5.74, 6) is 0.869. The number of nitrogens with one attached hydrogen (secondary N) is 1. The molecule has 0 saturated heterocycles. The van der Waals surface area contributed by atoms with Gasteiger partial charge >= 0.3 is 0 Å². The topological polar surface area (TPSA) is 15.3 Å². The van der Waals surface area contributed by atoms with Gasteiger partial charge in [0, 0.05) is 31.9 Å². The maximum atomic E-state index is 14.0. The van der Waals surface area contributed by atoms with Gasteiger partial charge in [-0.15, -0.1) is 0 Å². The number of hydrogen-bond acceptors (Lipinski definition) is 3. The molecule has 1 rings (SSSR count). The van der Waals surface area contributed by atoms with Gasteiger partial charge in [-0.25, -0.2) is 4.39 Å². The summed E-state index contributed by atoms with van der Waals surface area (Å²) in [5.41, 5.74) is 1.67. The summed E-state index contributed by atoms with van der Waals surface area (Å²) in [5, 5.41) is 3.29. The first-order valence-corrected chi connectivity index (χ1v) is 7.66. The summed E-state index contributed by atoms with van der Waals surface area (Å²) in [4.78, 5) is 1.96. The third kappa shape index (κ3) is 4.86. The summed E-state index contributed by atoms with van der Waals surface area (Å²) >= 11 is 1.77. The number of anilines is 1. The Hall–Kier alpha value is -0.740. The SMILES string of the molecule is CSCCN(C)c1ccc(CNC(C)C)cc1F. The quantitative estimate of drug-likeness (QED) is 0.819. The van der Waals surface area contributed by atoms with Crippen LogP contribution in [0.25, 0.3) is 0 Å². The standard InChI is InChI=1S/C14H23FN2S/c1-11(2)16-10-12-5-6-14(13(15)9-12)17(3)7-8-18-4/h5-6,9,11,16H,7-8,10H2,1-4H3. The molecular formula is C14H23FN2S. The molecule has 18 heavy (non-hydrogen) atoms. The van der Waals surface area contributed by atoms with Gasteiger partial charge in [-0.3, -0.25) is 0 Å². The van der Waals surface area contributed by atoms with Crippen LogP contribution in [0, 0.1) is 5.82 Å². The molecule has 0 aromatic heterocycles. The third-order valence-corrected chi connectivity index (χ3v) is 3.36. The van der Waals surface area contributed by atoms with E-state index in [1.807, 2.05) is 24.1 Å². The molecule has 102 valence electrons. The predicted molar refractivity (Wildman–Crippen MR) is 80.0 cm³/mol. The average Bonchev–Trinajstić information content (AvgIpc) is 2.33. The van der Waals surface area contributed by atoms with Crippen LogP contribution in [0.5, 0.6) is 0 Å². The Labute approximate surface area is 114 Å². The van der Waals surface area contributed by atoms with Crippen LogP contribution in [0.4, 0.5) is 10.1 Å². The lowest BCUT2D eigenvalue weighted by atomic mass is 10.1. The second-order valence-corrected chi connectivity index (χ2v) is 5.72. The van der Waals surface area contributed by atoms with Gasteiger partial charge in [0.15, 0.2) is 0 Å². The zero-order chi connectivity index (χ0) is 13.5. The van der Waals surface area contributed by atoms with Gasteiger partial charge in [-0.1, -0.05) is 19.9 Å². The van der Waals surface area contributed by atoms with Crippen molar-refractivity contribution in [3.63, 3.8) is 0 Å². The number of halogens is 1. The molecule has 2 nitrogen and oxygen atoms in total. The van der Waals surface area contributed by atoms with Crippen molar-refractivity contribution in [2.24, 2.45) is 0 Å². The lowest BCUT2D eigenvalue weighted by Gasteiger charge is -2.20. The Morgan fingerprint density at radius 2 is 2.11 bits per heavy atom. The van der Waals surface area contributed by atoms with Crippen LogP contribution in [0.3, 0.4) is 0 Å². The van der Waals surface area contributed by atoms with Gasteiger partial charge in [0.25, 0.3) is 0 Å². The molecule has 0 bridgehead atoms. The first kappa shape index (κ1) is 15.3. The first-order chi connectivity index (χ1) is 8.54. The Morgan fingerprint density at radius 1 is 1.39 bits per heavy atom. The van der Waals surface area contributed by atoms with Crippen molar-refractivity contribution in [3.05, 3.63) is 29.6 Å². The number of thioether (sulfide) groups is 1. The van der Waals surface area contributed by atoms with Crippen molar-refractivity contribution in [3.8, 4) is 0 Å². The molecular weight excluding hydrogens is 247 g/mol. The molecule has 1 N–H and O–H groups in total. The Bertz CT molecular complexity index is 369. The Balaban J connectivity index is 2.66. The first-order valence-electron chi connectivity index (χ1n) is 6.26. The normalized spacial score (nSPS) is 11.0. The molecule has 0 heterocycles. The molecule has 0 aliphatic heterocycles. The molecule has 1 aromatic carbocycles. The van der Waals surface area contributed by atoms with E-state index < -0.39 is 0 Å². The predicted octanol–water partition coefficient (Wildman–Crippen LogP) is 3.12. The molecule has 4 heteroatoms. The molecule has 0 fully saturated rings. The summed E-state index contributed by atoms with van der Waals surface area (Å²) in [7, 11) is 1.93. The molecule has 0 aliphatic rings. The van der Waals surface area contributed by atoms with Gasteiger partial charge in [0.05, 0.1) is 5.69 Å². The van der Waals surface area contributed by atoms with E-state index >= 15 is 0 Å². The molecule has 0 radical (unpaired) electrons. The fourth-order valence-corrected chi connectivity index (χ4v) is 2.10. The van der Waals surface area contributed by atoms with E-state index in [1.165, 1.54) is 0 Å². The lowest BCUT2D eigenvalue weighted by Crippen LogP contribution is -2.23. The highest BCUT2D eigenvalue weighted by molar-refractivity contribution is 7.98. The van der Waals surface area contributed by atoms with Crippen LogP contribution in [-0.2, 0) is 6.54 Å². The highest BCUT2D eigenvalue weighted by Crippen LogP contribution is 2.19. The van der Waals surface area contributed by atoms with Gasteiger partial charge in [0.2, 0.25) is 0 Å². The van der Waals surface area contributed by atoms with Gasteiger partial charge < -0.3 is 10.2 Å². The monoisotopic (exact) mass is 270 g/mol. The van der Waals surface area contributed by atoms with Crippen LogP contribution >= 0.6 is 11.8 Å². The fraction of sp³-hybridized carbons (Fsp3) is 0.571.